The highest BCUT2D eigenvalue weighted by Gasteiger charge is 2.14. The Morgan fingerprint density at radius 2 is 2.40 bits per heavy atom. The van der Waals surface area contributed by atoms with Gasteiger partial charge in [-0.15, -0.1) is 0 Å². The van der Waals surface area contributed by atoms with Crippen molar-refractivity contribution in [3.8, 4) is 0 Å². The average molecular weight is 209 g/mol. The van der Waals surface area contributed by atoms with E-state index in [1.807, 2.05) is 0 Å². The minimum Gasteiger partial charge on any atom is -0.399 e. The summed E-state index contributed by atoms with van der Waals surface area (Å²) in [7, 11) is 1.61. The number of nitrogens with zero attached hydrogens (tertiary/aromatic N) is 2. The first-order valence-electron chi connectivity index (χ1n) is 4.65. The van der Waals surface area contributed by atoms with Gasteiger partial charge in [-0.1, -0.05) is 0 Å². The lowest BCUT2D eigenvalue weighted by Gasteiger charge is -2.18. The fourth-order valence-corrected chi connectivity index (χ4v) is 1.24. The SMILES string of the molecule is CC(O)CN(C)C(=O)c1cc(N)ccn1. The molecule has 1 heterocycles. The van der Waals surface area contributed by atoms with Crippen molar-refractivity contribution in [2.75, 3.05) is 19.3 Å². The lowest BCUT2D eigenvalue weighted by Crippen LogP contribution is -2.33. The van der Waals surface area contributed by atoms with Crippen molar-refractivity contribution in [1.82, 2.24) is 9.88 Å². The van der Waals surface area contributed by atoms with E-state index in [1.54, 1.807) is 20.0 Å². The third-order valence-corrected chi connectivity index (χ3v) is 1.89. The molecule has 15 heavy (non-hydrogen) atoms. The number of anilines is 1. The fourth-order valence-electron chi connectivity index (χ4n) is 1.24. The Morgan fingerprint density at radius 3 is 2.93 bits per heavy atom. The van der Waals surface area contributed by atoms with Crippen LogP contribution in [0.25, 0.3) is 0 Å². The van der Waals surface area contributed by atoms with Crippen LogP contribution in [0.1, 0.15) is 17.4 Å². The average Bonchev–Trinajstić information content (AvgIpc) is 2.15. The topological polar surface area (TPSA) is 79.5 Å². The summed E-state index contributed by atoms with van der Waals surface area (Å²) < 4.78 is 0. The summed E-state index contributed by atoms with van der Waals surface area (Å²) in [5.74, 6) is -0.247. The zero-order valence-electron chi connectivity index (χ0n) is 8.84. The molecule has 1 amide bonds. The number of hydrogen-bond acceptors (Lipinski definition) is 4. The predicted molar refractivity (Wildman–Crippen MR) is 57.3 cm³/mol. The van der Waals surface area contributed by atoms with E-state index in [0.717, 1.165) is 0 Å². The highest BCUT2D eigenvalue weighted by molar-refractivity contribution is 5.92. The van der Waals surface area contributed by atoms with Gasteiger partial charge in [-0.05, 0) is 19.1 Å². The van der Waals surface area contributed by atoms with Crippen LogP contribution in [-0.4, -0.2) is 40.6 Å². The number of pyridine rings is 1. The summed E-state index contributed by atoms with van der Waals surface area (Å²) in [4.78, 5) is 17.1. The molecular formula is C10H15N3O2. The Hall–Kier alpha value is -1.62. The van der Waals surface area contributed by atoms with Gasteiger partial charge in [0.1, 0.15) is 5.69 Å². The number of amides is 1. The summed E-state index contributed by atoms with van der Waals surface area (Å²) >= 11 is 0. The van der Waals surface area contributed by atoms with E-state index in [2.05, 4.69) is 4.98 Å². The Balaban J connectivity index is 2.76. The number of hydrogen-bond donors (Lipinski definition) is 2. The number of nitrogens with two attached hydrogens (primary N) is 1. The first kappa shape index (κ1) is 11.5. The van der Waals surface area contributed by atoms with Crippen molar-refractivity contribution in [1.29, 1.82) is 0 Å². The summed E-state index contributed by atoms with van der Waals surface area (Å²) in [6.45, 7) is 1.89. The summed E-state index contributed by atoms with van der Waals surface area (Å²) in [5.41, 5.74) is 6.33. The third-order valence-electron chi connectivity index (χ3n) is 1.89. The van der Waals surface area contributed by atoms with Gasteiger partial charge in [0.15, 0.2) is 0 Å². The van der Waals surface area contributed by atoms with Gasteiger partial charge in [0.25, 0.3) is 5.91 Å². The zero-order valence-corrected chi connectivity index (χ0v) is 8.84. The molecule has 0 aliphatic heterocycles. The summed E-state index contributed by atoms with van der Waals surface area (Å²) in [6.07, 6.45) is 0.929. The maximum Gasteiger partial charge on any atom is 0.272 e. The molecule has 5 nitrogen and oxygen atoms in total. The number of rotatable bonds is 3. The van der Waals surface area contributed by atoms with Gasteiger partial charge < -0.3 is 15.7 Å². The highest BCUT2D eigenvalue weighted by atomic mass is 16.3. The number of carbonyl (C=O) groups is 1. The summed E-state index contributed by atoms with van der Waals surface area (Å²) in [5, 5.41) is 9.13. The number of aliphatic hydroxyl groups is 1. The van der Waals surface area contributed by atoms with E-state index in [-0.39, 0.29) is 18.1 Å². The van der Waals surface area contributed by atoms with E-state index in [1.165, 1.54) is 17.2 Å². The van der Waals surface area contributed by atoms with Crippen molar-refractivity contribution in [3.05, 3.63) is 24.0 Å². The Labute approximate surface area is 88.5 Å². The monoisotopic (exact) mass is 209 g/mol. The molecule has 82 valence electrons. The van der Waals surface area contributed by atoms with Crippen LogP contribution in [0, 0.1) is 0 Å². The Kier molecular flexibility index (Phi) is 3.62. The molecule has 0 aliphatic carbocycles. The van der Waals surface area contributed by atoms with Crippen molar-refractivity contribution < 1.29 is 9.90 Å². The number of nitrogen functional groups attached to an aromatic ring is 1. The Morgan fingerprint density at radius 1 is 1.73 bits per heavy atom. The van der Waals surface area contributed by atoms with Gasteiger partial charge in [-0.3, -0.25) is 9.78 Å². The zero-order chi connectivity index (χ0) is 11.4. The van der Waals surface area contributed by atoms with Crippen LogP contribution >= 0.6 is 0 Å². The second-order valence-corrected chi connectivity index (χ2v) is 3.51. The molecule has 1 aromatic rings. The van der Waals surface area contributed by atoms with Crippen molar-refractivity contribution >= 4 is 11.6 Å². The molecule has 1 rings (SSSR count). The van der Waals surface area contributed by atoms with Gasteiger partial charge in [-0.25, -0.2) is 0 Å². The minimum atomic E-state index is -0.556. The number of carbonyl (C=O) groups excluding carboxylic acids is 1. The molecule has 0 aromatic carbocycles. The lowest BCUT2D eigenvalue weighted by atomic mass is 10.3. The van der Waals surface area contributed by atoms with Crippen molar-refractivity contribution in [3.63, 3.8) is 0 Å². The fraction of sp³-hybridized carbons (Fsp3) is 0.400. The molecule has 1 aromatic heterocycles. The second kappa shape index (κ2) is 4.75. The molecular weight excluding hydrogens is 194 g/mol. The molecule has 0 saturated heterocycles. The van der Waals surface area contributed by atoms with Crippen LogP contribution < -0.4 is 5.73 Å². The third kappa shape index (κ3) is 3.21. The molecule has 1 atom stereocenters. The normalized spacial score (nSPS) is 12.2. The van der Waals surface area contributed by atoms with Crippen LogP contribution in [0.3, 0.4) is 0 Å². The van der Waals surface area contributed by atoms with E-state index >= 15 is 0 Å². The molecule has 3 N–H and O–H groups in total. The quantitative estimate of drug-likeness (QED) is 0.740. The van der Waals surface area contributed by atoms with Crippen LogP contribution in [-0.2, 0) is 0 Å². The molecule has 0 radical (unpaired) electrons. The Bertz CT molecular complexity index is 352. The minimum absolute atomic E-state index is 0.247. The van der Waals surface area contributed by atoms with Crippen molar-refractivity contribution in [2.45, 2.75) is 13.0 Å². The molecule has 5 heteroatoms. The number of aliphatic hydroxyl groups excluding tert-OH is 1. The van der Waals surface area contributed by atoms with Gasteiger partial charge >= 0.3 is 0 Å². The first-order chi connectivity index (χ1) is 7.00. The van der Waals surface area contributed by atoms with Gasteiger partial charge in [0, 0.05) is 25.5 Å². The van der Waals surface area contributed by atoms with Crippen LogP contribution in [0.5, 0.6) is 0 Å². The van der Waals surface area contributed by atoms with Crippen molar-refractivity contribution in [2.24, 2.45) is 0 Å². The molecule has 0 saturated carbocycles. The van der Waals surface area contributed by atoms with E-state index < -0.39 is 6.10 Å². The van der Waals surface area contributed by atoms with Gasteiger partial charge in [0.05, 0.1) is 6.10 Å². The number of aromatic nitrogens is 1. The van der Waals surface area contributed by atoms with Crippen LogP contribution in [0.4, 0.5) is 5.69 Å². The van der Waals surface area contributed by atoms with Gasteiger partial charge in [0.2, 0.25) is 0 Å². The lowest BCUT2D eigenvalue weighted by molar-refractivity contribution is 0.0698. The van der Waals surface area contributed by atoms with Crippen LogP contribution in [0.2, 0.25) is 0 Å². The first-order valence-corrected chi connectivity index (χ1v) is 4.65. The molecule has 0 aliphatic rings. The maximum absolute atomic E-state index is 11.7. The van der Waals surface area contributed by atoms with Gasteiger partial charge in [-0.2, -0.15) is 0 Å². The second-order valence-electron chi connectivity index (χ2n) is 3.51. The molecule has 0 bridgehead atoms. The van der Waals surface area contributed by atoms with E-state index in [4.69, 9.17) is 10.8 Å². The summed E-state index contributed by atoms with van der Waals surface area (Å²) in [6, 6.07) is 3.13. The maximum atomic E-state index is 11.7. The molecule has 0 spiro atoms. The van der Waals surface area contributed by atoms with Crippen LogP contribution in [0.15, 0.2) is 18.3 Å². The molecule has 1 unspecified atom stereocenters. The smallest absolute Gasteiger partial charge is 0.272 e. The highest BCUT2D eigenvalue weighted by Crippen LogP contribution is 2.05. The standard InChI is InChI=1S/C10H15N3O2/c1-7(14)6-13(2)10(15)9-5-8(11)3-4-12-9/h3-5,7,14H,6H2,1-2H3,(H2,11,12). The predicted octanol–water partition coefficient (Wildman–Crippen LogP) is 0.117. The largest absolute Gasteiger partial charge is 0.399 e. The van der Waals surface area contributed by atoms with E-state index in [0.29, 0.717) is 5.69 Å². The molecule has 0 fully saturated rings. The van der Waals surface area contributed by atoms with E-state index in [9.17, 15) is 4.79 Å². The number of likely N-dealkylation sites (N-methyl/N-ethyl adjacent to an activating group) is 1.